The molecule has 0 amide bonds. The van der Waals surface area contributed by atoms with Gasteiger partial charge in [0.2, 0.25) is 0 Å². The quantitative estimate of drug-likeness (QED) is 0.653. The molecule has 0 atom stereocenters. The maximum Gasteiger partial charge on any atom is 0.358 e. The predicted molar refractivity (Wildman–Crippen MR) is 54.5 cm³/mol. The van der Waals surface area contributed by atoms with Gasteiger partial charge in [-0.1, -0.05) is 0 Å². The van der Waals surface area contributed by atoms with Gasteiger partial charge in [0.05, 0.1) is 12.7 Å². The summed E-state index contributed by atoms with van der Waals surface area (Å²) in [5.74, 6) is -0.572. The summed E-state index contributed by atoms with van der Waals surface area (Å²) in [4.78, 5) is 15.5. The summed E-state index contributed by atoms with van der Waals surface area (Å²) in [6, 6.07) is 1.98. The Labute approximate surface area is 88.5 Å². The van der Waals surface area contributed by atoms with Crippen molar-refractivity contribution in [1.82, 2.24) is 4.98 Å². The summed E-state index contributed by atoms with van der Waals surface area (Å²) in [7, 11) is 1.27. The molecule has 0 fully saturated rings. The molecule has 0 spiro atoms. The van der Waals surface area contributed by atoms with Crippen LogP contribution in [0.25, 0.3) is 0 Å². The molecule has 0 N–H and O–H groups in total. The van der Waals surface area contributed by atoms with Crippen LogP contribution < -0.4 is 0 Å². The van der Waals surface area contributed by atoms with Gasteiger partial charge in [-0.2, -0.15) is 5.26 Å². The number of aromatic nitrogens is 1. The Morgan fingerprint density at radius 1 is 1.33 bits per heavy atom. The van der Waals surface area contributed by atoms with Crippen molar-refractivity contribution in [3.63, 3.8) is 0 Å². The summed E-state index contributed by atoms with van der Waals surface area (Å²) < 4.78 is 4.58. The standard InChI is InChI=1S/C11H12N2O2/c1-6-7(2)9(5-12)10(11(14)15-4)13-8(6)3/h1-4H3. The van der Waals surface area contributed by atoms with E-state index < -0.39 is 5.97 Å². The Morgan fingerprint density at radius 3 is 2.40 bits per heavy atom. The fourth-order valence-electron chi connectivity index (χ4n) is 1.33. The van der Waals surface area contributed by atoms with Crippen molar-refractivity contribution in [3.05, 3.63) is 28.1 Å². The number of aryl methyl sites for hydroxylation is 1. The molecule has 0 aromatic carbocycles. The van der Waals surface area contributed by atoms with Gasteiger partial charge in [-0.3, -0.25) is 0 Å². The van der Waals surface area contributed by atoms with Crippen molar-refractivity contribution < 1.29 is 9.53 Å². The largest absolute Gasteiger partial charge is 0.464 e. The van der Waals surface area contributed by atoms with Crippen molar-refractivity contribution in [1.29, 1.82) is 5.26 Å². The molecule has 4 heteroatoms. The van der Waals surface area contributed by atoms with E-state index in [1.54, 1.807) is 13.8 Å². The molecular weight excluding hydrogens is 192 g/mol. The maximum atomic E-state index is 11.4. The van der Waals surface area contributed by atoms with Crippen molar-refractivity contribution in [2.24, 2.45) is 0 Å². The molecule has 0 aliphatic rings. The molecule has 0 saturated carbocycles. The van der Waals surface area contributed by atoms with Crippen LogP contribution in [0.3, 0.4) is 0 Å². The Kier molecular flexibility index (Phi) is 3.05. The SMILES string of the molecule is COC(=O)c1nc(C)c(C)c(C)c1C#N. The molecule has 0 unspecified atom stereocenters. The Bertz CT molecular complexity index is 459. The number of carbonyl (C=O) groups is 1. The van der Waals surface area contributed by atoms with Gasteiger partial charge in [-0.05, 0) is 31.9 Å². The zero-order chi connectivity index (χ0) is 11.6. The molecule has 0 aliphatic heterocycles. The van der Waals surface area contributed by atoms with E-state index in [-0.39, 0.29) is 5.69 Å². The second-order valence-corrected chi connectivity index (χ2v) is 3.27. The van der Waals surface area contributed by atoms with Crippen molar-refractivity contribution >= 4 is 5.97 Å². The fraction of sp³-hybridized carbons (Fsp3) is 0.364. The lowest BCUT2D eigenvalue weighted by atomic mass is 10.0. The number of esters is 1. The molecule has 0 bridgehead atoms. The van der Waals surface area contributed by atoms with E-state index in [1.807, 2.05) is 13.0 Å². The van der Waals surface area contributed by atoms with Crippen LogP contribution >= 0.6 is 0 Å². The third-order valence-corrected chi connectivity index (χ3v) is 2.49. The summed E-state index contributed by atoms with van der Waals surface area (Å²) >= 11 is 0. The van der Waals surface area contributed by atoms with Crippen LogP contribution in [0.4, 0.5) is 0 Å². The number of hydrogen-bond acceptors (Lipinski definition) is 4. The monoisotopic (exact) mass is 204 g/mol. The van der Waals surface area contributed by atoms with Gasteiger partial charge >= 0.3 is 5.97 Å². The second-order valence-electron chi connectivity index (χ2n) is 3.27. The fourth-order valence-corrected chi connectivity index (χ4v) is 1.33. The summed E-state index contributed by atoms with van der Waals surface area (Å²) in [6.07, 6.45) is 0. The number of methoxy groups -OCH3 is 1. The number of pyridine rings is 1. The highest BCUT2D eigenvalue weighted by atomic mass is 16.5. The third-order valence-electron chi connectivity index (χ3n) is 2.49. The van der Waals surface area contributed by atoms with Crippen molar-refractivity contribution in [3.8, 4) is 6.07 Å². The van der Waals surface area contributed by atoms with Gasteiger partial charge in [0, 0.05) is 5.69 Å². The highest BCUT2D eigenvalue weighted by Gasteiger charge is 2.18. The van der Waals surface area contributed by atoms with Gasteiger partial charge < -0.3 is 4.74 Å². The first kappa shape index (κ1) is 11.2. The Hall–Kier alpha value is -1.89. The number of rotatable bonds is 1. The molecule has 4 nitrogen and oxygen atoms in total. The third kappa shape index (κ3) is 1.82. The molecule has 1 heterocycles. The van der Waals surface area contributed by atoms with E-state index in [9.17, 15) is 4.79 Å². The molecule has 1 aromatic heterocycles. The highest BCUT2D eigenvalue weighted by Crippen LogP contribution is 2.18. The minimum Gasteiger partial charge on any atom is -0.464 e. The van der Waals surface area contributed by atoms with Crippen LogP contribution in [-0.2, 0) is 4.74 Å². The molecule has 0 saturated heterocycles. The number of nitrogens with zero attached hydrogens (tertiary/aromatic N) is 2. The van der Waals surface area contributed by atoms with Crippen LogP contribution in [0.1, 0.15) is 32.9 Å². The molecule has 0 aliphatic carbocycles. The minimum absolute atomic E-state index is 0.0978. The van der Waals surface area contributed by atoms with Crippen LogP contribution in [0.15, 0.2) is 0 Å². The molecule has 1 aromatic rings. The second kappa shape index (κ2) is 4.09. The zero-order valence-corrected chi connectivity index (χ0v) is 9.21. The minimum atomic E-state index is -0.572. The predicted octanol–water partition coefficient (Wildman–Crippen LogP) is 1.67. The van der Waals surface area contributed by atoms with E-state index in [4.69, 9.17) is 5.26 Å². The lowest BCUT2D eigenvalue weighted by molar-refractivity contribution is 0.0593. The first-order valence-electron chi connectivity index (χ1n) is 4.49. The van der Waals surface area contributed by atoms with Crippen molar-refractivity contribution in [2.45, 2.75) is 20.8 Å². The summed E-state index contributed by atoms with van der Waals surface area (Å²) in [5, 5.41) is 8.96. The Morgan fingerprint density at radius 2 is 1.93 bits per heavy atom. The average Bonchev–Trinajstić information content (AvgIpc) is 2.24. The van der Waals surface area contributed by atoms with Crippen LogP contribution in [0.2, 0.25) is 0 Å². The normalized spacial score (nSPS) is 9.53. The van der Waals surface area contributed by atoms with E-state index >= 15 is 0 Å². The van der Waals surface area contributed by atoms with E-state index in [1.165, 1.54) is 7.11 Å². The van der Waals surface area contributed by atoms with E-state index in [2.05, 4.69) is 9.72 Å². The number of carbonyl (C=O) groups excluding carboxylic acids is 1. The first-order valence-corrected chi connectivity index (χ1v) is 4.49. The number of ether oxygens (including phenoxy) is 1. The Balaban J connectivity index is 3.54. The van der Waals surface area contributed by atoms with Crippen LogP contribution in [0.5, 0.6) is 0 Å². The van der Waals surface area contributed by atoms with Gasteiger partial charge in [0.15, 0.2) is 5.69 Å². The lowest BCUT2D eigenvalue weighted by Gasteiger charge is -2.09. The molecule has 15 heavy (non-hydrogen) atoms. The highest BCUT2D eigenvalue weighted by molar-refractivity contribution is 5.90. The molecule has 78 valence electrons. The zero-order valence-electron chi connectivity index (χ0n) is 9.21. The van der Waals surface area contributed by atoms with Gasteiger partial charge in [-0.25, -0.2) is 9.78 Å². The topological polar surface area (TPSA) is 63.0 Å². The number of nitriles is 1. The van der Waals surface area contributed by atoms with Gasteiger partial charge in [0.25, 0.3) is 0 Å². The first-order chi connectivity index (χ1) is 7.02. The van der Waals surface area contributed by atoms with Gasteiger partial charge in [0.1, 0.15) is 6.07 Å². The maximum absolute atomic E-state index is 11.4. The van der Waals surface area contributed by atoms with Crippen LogP contribution in [0, 0.1) is 32.1 Å². The molecule has 1 rings (SSSR count). The molecule has 0 radical (unpaired) electrons. The van der Waals surface area contributed by atoms with E-state index in [0.29, 0.717) is 5.56 Å². The smallest absolute Gasteiger partial charge is 0.358 e. The van der Waals surface area contributed by atoms with Crippen LogP contribution in [-0.4, -0.2) is 18.1 Å². The average molecular weight is 204 g/mol. The summed E-state index contributed by atoms with van der Waals surface area (Å²) in [5.41, 5.74) is 2.85. The summed E-state index contributed by atoms with van der Waals surface area (Å²) in [6.45, 7) is 5.48. The molecular formula is C11H12N2O2. The van der Waals surface area contributed by atoms with Gasteiger partial charge in [-0.15, -0.1) is 0 Å². The lowest BCUT2D eigenvalue weighted by Crippen LogP contribution is -2.11. The van der Waals surface area contributed by atoms with E-state index in [0.717, 1.165) is 16.8 Å². The van der Waals surface area contributed by atoms with Crippen molar-refractivity contribution in [2.75, 3.05) is 7.11 Å². The number of hydrogen-bond donors (Lipinski definition) is 0.